The van der Waals surface area contributed by atoms with Crippen LogP contribution in [0.2, 0.25) is 0 Å². The van der Waals surface area contributed by atoms with E-state index in [4.69, 9.17) is 10.5 Å². The fourth-order valence-electron chi connectivity index (χ4n) is 1.11. The van der Waals surface area contributed by atoms with Crippen LogP contribution in [0.3, 0.4) is 0 Å². The molecule has 0 fully saturated rings. The van der Waals surface area contributed by atoms with Gasteiger partial charge in [-0.05, 0) is 25.5 Å². The number of hydrogen-bond donors (Lipinski definition) is 1. The normalized spacial score (nSPS) is 14.9. The van der Waals surface area contributed by atoms with E-state index in [0.717, 1.165) is 11.1 Å². The SMILES string of the molecule is Cc1cc(C(C)N)cnc1OC(C)F. The van der Waals surface area contributed by atoms with Gasteiger partial charge in [-0.25, -0.2) is 9.37 Å². The molecule has 2 N–H and O–H groups in total. The predicted octanol–water partition coefficient (Wildman–Crippen LogP) is 2.10. The van der Waals surface area contributed by atoms with Gasteiger partial charge in [0, 0.05) is 24.7 Å². The number of halogens is 1. The molecule has 0 radical (unpaired) electrons. The van der Waals surface area contributed by atoms with Crippen LogP contribution >= 0.6 is 0 Å². The van der Waals surface area contributed by atoms with E-state index < -0.39 is 6.36 Å². The first-order valence-corrected chi connectivity index (χ1v) is 4.53. The fraction of sp³-hybridized carbons (Fsp3) is 0.500. The summed E-state index contributed by atoms with van der Waals surface area (Å²) in [6.45, 7) is 5.01. The van der Waals surface area contributed by atoms with Crippen LogP contribution in [0.15, 0.2) is 12.3 Å². The molecule has 0 bridgehead atoms. The maximum Gasteiger partial charge on any atom is 0.237 e. The zero-order valence-electron chi connectivity index (χ0n) is 8.62. The van der Waals surface area contributed by atoms with E-state index in [2.05, 4.69) is 4.98 Å². The summed E-state index contributed by atoms with van der Waals surface area (Å²) < 4.78 is 17.4. The monoisotopic (exact) mass is 198 g/mol. The molecule has 0 aliphatic carbocycles. The molecular weight excluding hydrogens is 183 g/mol. The van der Waals surface area contributed by atoms with Crippen molar-refractivity contribution in [2.75, 3.05) is 0 Å². The zero-order valence-corrected chi connectivity index (χ0v) is 8.62. The van der Waals surface area contributed by atoms with Crippen LogP contribution in [0.1, 0.15) is 31.0 Å². The largest absolute Gasteiger partial charge is 0.443 e. The summed E-state index contributed by atoms with van der Waals surface area (Å²) in [4.78, 5) is 4.00. The first-order chi connectivity index (χ1) is 6.50. The predicted molar refractivity (Wildman–Crippen MR) is 52.8 cm³/mol. The van der Waals surface area contributed by atoms with Gasteiger partial charge in [-0.15, -0.1) is 0 Å². The molecule has 0 saturated carbocycles. The van der Waals surface area contributed by atoms with Crippen molar-refractivity contribution < 1.29 is 9.13 Å². The molecule has 0 aliphatic rings. The average molecular weight is 198 g/mol. The van der Waals surface area contributed by atoms with Crippen molar-refractivity contribution in [1.29, 1.82) is 0 Å². The number of rotatable bonds is 3. The van der Waals surface area contributed by atoms with E-state index in [9.17, 15) is 4.39 Å². The molecule has 3 nitrogen and oxygen atoms in total. The highest BCUT2D eigenvalue weighted by Crippen LogP contribution is 2.19. The Morgan fingerprint density at radius 2 is 2.14 bits per heavy atom. The van der Waals surface area contributed by atoms with Gasteiger partial charge >= 0.3 is 0 Å². The average Bonchev–Trinajstić information content (AvgIpc) is 2.07. The van der Waals surface area contributed by atoms with Crippen LogP contribution < -0.4 is 10.5 Å². The first-order valence-electron chi connectivity index (χ1n) is 4.53. The van der Waals surface area contributed by atoms with Gasteiger partial charge in [0.2, 0.25) is 12.2 Å². The van der Waals surface area contributed by atoms with Crippen molar-refractivity contribution in [3.63, 3.8) is 0 Å². The molecule has 0 amide bonds. The van der Waals surface area contributed by atoms with Gasteiger partial charge in [-0.3, -0.25) is 0 Å². The summed E-state index contributed by atoms with van der Waals surface area (Å²) in [5.74, 6) is 0.324. The highest BCUT2D eigenvalue weighted by atomic mass is 19.1. The number of alkyl halides is 1. The first kappa shape index (κ1) is 10.9. The van der Waals surface area contributed by atoms with Gasteiger partial charge in [-0.2, -0.15) is 0 Å². The molecule has 2 atom stereocenters. The fourth-order valence-corrected chi connectivity index (χ4v) is 1.11. The Morgan fingerprint density at radius 1 is 1.50 bits per heavy atom. The third kappa shape index (κ3) is 2.67. The number of nitrogens with zero attached hydrogens (tertiary/aromatic N) is 1. The van der Waals surface area contributed by atoms with Gasteiger partial charge in [0.05, 0.1) is 0 Å². The Bertz CT molecular complexity index is 313. The van der Waals surface area contributed by atoms with Crippen molar-refractivity contribution >= 4 is 0 Å². The molecule has 2 unspecified atom stereocenters. The standard InChI is InChI=1S/C10H15FN2O/c1-6-4-9(7(2)12)5-13-10(6)14-8(3)11/h4-5,7-8H,12H2,1-3H3. The van der Waals surface area contributed by atoms with Crippen molar-refractivity contribution in [2.45, 2.75) is 33.2 Å². The molecule has 1 aromatic rings. The summed E-state index contributed by atoms with van der Waals surface area (Å²) in [5, 5.41) is 0. The minimum Gasteiger partial charge on any atom is -0.443 e. The molecule has 4 heteroatoms. The minimum atomic E-state index is -1.35. The van der Waals surface area contributed by atoms with Crippen LogP contribution in [0, 0.1) is 6.92 Å². The van der Waals surface area contributed by atoms with E-state index >= 15 is 0 Å². The summed E-state index contributed by atoms with van der Waals surface area (Å²) in [6, 6.07) is 1.79. The lowest BCUT2D eigenvalue weighted by atomic mass is 10.1. The molecule has 1 aromatic heterocycles. The highest BCUT2D eigenvalue weighted by Gasteiger charge is 2.08. The summed E-state index contributed by atoms with van der Waals surface area (Å²) >= 11 is 0. The molecular formula is C10H15FN2O. The molecule has 0 spiro atoms. The number of aromatic nitrogens is 1. The number of pyridine rings is 1. The maximum atomic E-state index is 12.5. The molecule has 78 valence electrons. The third-order valence-electron chi connectivity index (χ3n) is 1.85. The number of nitrogens with two attached hydrogens (primary N) is 1. The third-order valence-corrected chi connectivity index (χ3v) is 1.85. The smallest absolute Gasteiger partial charge is 0.237 e. The Morgan fingerprint density at radius 3 is 2.57 bits per heavy atom. The maximum absolute atomic E-state index is 12.5. The topological polar surface area (TPSA) is 48.1 Å². The molecule has 1 heterocycles. The number of ether oxygens (including phenoxy) is 1. The molecule has 0 saturated heterocycles. The summed E-state index contributed by atoms with van der Waals surface area (Å²) in [7, 11) is 0. The van der Waals surface area contributed by atoms with E-state index in [1.807, 2.05) is 19.9 Å². The lowest BCUT2D eigenvalue weighted by Crippen LogP contribution is -2.09. The van der Waals surface area contributed by atoms with Gasteiger partial charge in [-0.1, -0.05) is 0 Å². The summed E-state index contributed by atoms with van der Waals surface area (Å²) in [5.41, 5.74) is 7.39. The Kier molecular flexibility index (Phi) is 3.41. The van der Waals surface area contributed by atoms with Gasteiger partial charge in [0.25, 0.3) is 0 Å². The summed E-state index contributed by atoms with van der Waals surface area (Å²) in [6.07, 6.45) is 0.261. The Hall–Kier alpha value is -1.16. The van der Waals surface area contributed by atoms with E-state index in [1.165, 1.54) is 6.92 Å². The second-order valence-corrected chi connectivity index (χ2v) is 3.34. The van der Waals surface area contributed by atoms with Gasteiger partial charge < -0.3 is 10.5 Å². The van der Waals surface area contributed by atoms with Gasteiger partial charge in [0.1, 0.15) is 0 Å². The van der Waals surface area contributed by atoms with E-state index in [1.54, 1.807) is 6.20 Å². The lowest BCUT2D eigenvalue weighted by Gasteiger charge is -2.11. The highest BCUT2D eigenvalue weighted by molar-refractivity contribution is 5.29. The number of hydrogen-bond acceptors (Lipinski definition) is 3. The minimum absolute atomic E-state index is 0.0713. The molecule has 1 rings (SSSR count). The van der Waals surface area contributed by atoms with Crippen molar-refractivity contribution in [2.24, 2.45) is 5.73 Å². The second kappa shape index (κ2) is 4.37. The quantitative estimate of drug-likeness (QED) is 0.809. The second-order valence-electron chi connectivity index (χ2n) is 3.34. The van der Waals surface area contributed by atoms with Crippen LogP contribution in [0.25, 0.3) is 0 Å². The van der Waals surface area contributed by atoms with E-state index in [-0.39, 0.29) is 6.04 Å². The Balaban J connectivity index is 2.90. The van der Waals surface area contributed by atoms with Crippen LogP contribution in [-0.2, 0) is 0 Å². The lowest BCUT2D eigenvalue weighted by molar-refractivity contribution is 0.0801. The van der Waals surface area contributed by atoms with Crippen molar-refractivity contribution in [3.05, 3.63) is 23.4 Å². The molecule has 0 aliphatic heterocycles. The zero-order chi connectivity index (χ0) is 10.7. The van der Waals surface area contributed by atoms with Crippen molar-refractivity contribution in [1.82, 2.24) is 4.98 Å². The van der Waals surface area contributed by atoms with Gasteiger partial charge in [0.15, 0.2) is 0 Å². The van der Waals surface area contributed by atoms with Crippen molar-refractivity contribution in [3.8, 4) is 5.88 Å². The Labute approximate surface area is 83.1 Å². The van der Waals surface area contributed by atoms with Crippen LogP contribution in [-0.4, -0.2) is 11.3 Å². The van der Waals surface area contributed by atoms with Crippen LogP contribution in [0.4, 0.5) is 4.39 Å². The molecule has 0 aromatic carbocycles. The number of aryl methyl sites for hydroxylation is 1. The molecule has 14 heavy (non-hydrogen) atoms. The van der Waals surface area contributed by atoms with Crippen LogP contribution in [0.5, 0.6) is 5.88 Å². The van der Waals surface area contributed by atoms with E-state index in [0.29, 0.717) is 5.88 Å².